The summed E-state index contributed by atoms with van der Waals surface area (Å²) in [5, 5.41) is 14.0. The van der Waals surface area contributed by atoms with Gasteiger partial charge in [0.15, 0.2) is 5.96 Å². The molecule has 1 unspecified atom stereocenters. The highest BCUT2D eigenvalue weighted by molar-refractivity contribution is 6.31. The third-order valence-electron chi connectivity index (χ3n) is 3.35. The second-order valence-corrected chi connectivity index (χ2v) is 5.58. The lowest BCUT2D eigenvalue weighted by molar-refractivity contribution is 0.158. The van der Waals surface area contributed by atoms with Crippen molar-refractivity contribution in [3.05, 3.63) is 59.0 Å². The monoisotopic (exact) mass is 335 g/mol. The minimum Gasteiger partial charge on any atom is -0.467 e. The normalized spacial score (nSPS) is 13.0. The number of nitrogens with one attached hydrogen (secondary N) is 1. The fourth-order valence-electron chi connectivity index (χ4n) is 2.17. The Morgan fingerprint density at radius 1 is 1.35 bits per heavy atom. The molecular formula is C17H22ClN3O2. The van der Waals surface area contributed by atoms with Crippen molar-refractivity contribution in [1.82, 2.24) is 10.2 Å². The predicted octanol–water partition coefficient (Wildman–Crippen LogP) is 3.06. The molecule has 1 aromatic heterocycles. The average Bonchev–Trinajstić information content (AvgIpc) is 3.07. The number of halogens is 1. The Balaban J connectivity index is 2.04. The number of furan rings is 1. The van der Waals surface area contributed by atoms with E-state index in [0.29, 0.717) is 18.3 Å². The van der Waals surface area contributed by atoms with Gasteiger partial charge in [-0.2, -0.15) is 0 Å². The van der Waals surface area contributed by atoms with Crippen LogP contribution < -0.4 is 5.32 Å². The molecule has 0 aliphatic heterocycles. The first-order valence-corrected chi connectivity index (χ1v) is 7.94. The van der Waals surface area contributed by atoms with E-state index in [1.807, 2.05) is 43.1 Å². The Morgan fingerprint density at radius 2 is 2.13 bits per heavy atom. The first-order chi connectivity index (χ1) is 11.1. The highest BCUT2D eigenvalue weighted by Gasteiger charge is 2.12. The van der Waals surface area contributed by atoms with Gasteiger partial charge in [0.1, 0.15) is 11.9 Å². The number of aliphatic hydroxyl groups excluding tert-OH is 1. The van der Waals surface area contributed by atoms with Crippen LogP contribution in [0.15, 0.2) is 52.1 Å². The minimum absolute atomic E-state index is 0.225. The van der Waals surface area contributed by atoms with Gasteiger partial charge in [-0.15, -0.1) is 0 Å². The summed E-state index contributed by atoms with van der Waals surface area (Å²) in [6, 6.07) is 11.2. The third kappa shape index (κ3) is 5.01. The predicted molar refractivity (Wildman–Crippen MR) is 92.6 cm³/mol. The van der Waals surface area contributed by atoms with E-state index in [2.05, 4.69) is 10.3 Å². The van der Waals surface area contributed by atoms with E-state index >= 15 is 0 Å². The molecule has 0 bridgehead atoms. The van der Waals surface area contributed by atoms with Crippen LogP contribution in [-0.4, -0.2) is 36.1 Å². The zero-order chi connectivity index (χ0) is 16.7. The summed E-state index contributed by atoms with van der Waals surface area (Å²) in [4.78, 5) is 6.45. The Bertz CT molecular complexity index is 629. The second kappa shape index (κ2) is 8.60. The Morgan fingerprint density at radius 3 is 2.78 bits per heavy atom. The minimum atomic E-state index is -0.757. The van der Waals surface area contributed by atoms with Crippen LogP contribution in [0.4, 0.5) is 0 Å². The molecule has 124 valence electrons. The first kappa shape index (κ1) is 17.4. The van der Waals surface area contributed by atoms with Gasteiger partial charge in [-0.3, -0.25) is 0 Å². The van der Waals surface area contributed by atoms with Crippen LogP contribution >= 0.6 is 11.6 Å². The average molecular weight is 336 g/mol. The molecule has 0 spiro atoms. The van der Waals surface area contributed by atoms with Gasteiger partial charge in [-0.05, 0) is 30.7 Å². The SMILES string of the molecule is CCNC(=NCC(O)c1ccco1)N(C)Cc1ccccc1Cl. The van der Waals surface area contributed by atoms with Crippen LogP contribution in [-0.2, 0) is 6.54 Å². The molecule has 2 aromatic rings. The maximum atomic E-state index is 10.1. The van der Waals surface area contributed by atoms with E-state index in [9.17, 15) is 5.11 Å². The van der Waals surface area contributed by atoms with Crippen molar-refractivity contribution in [2.75, 3.05) is 20.1 Å². The lowest BCUT2D eigenvalue weighted by atomic mass is 10.2. The van der Waals surface area contributed by atoms with Gasteiger partial charge in [0, 0.05) is 25.2 Å². The molecule has 23 heavy (non-hydrogen) atoms. The van der Waals surface area contributed by atoms with Crippen molar-refractivity contribution in [3.63, 3.8) is 0 Å². The van der Waals surface area contributed by atoms with Crippen molar-refractivity contribution in [1.29, 1.82) is 0 Å². The smallest absolute Gasteiger partial charge is 0.194 e. The number of aliphatic imine (C=N–C) groups is 1. The van der Waals surface area contributed by atoms with Crippen LogP contribution in [0.2, 0.25) is 5.02 Å². The van der Waals surface area contributed by atoms with Gasteiger partial charge in [-0.1, -0.05) is 29.8 Å². The molecule has 5 nitrogen and oxygen atoms in total. The summed E-state index contributed by atoms with van der Waals surface area (Å²) >= 11 is 6.21. The topological polar surface area (TPSA) is 61.0 Å². The van der Waals surface area contributed by atoms with Crippen LogP contribution in [0.25, 0.3) is 0 Å². The van der Waals surface area contributed by atoms with Crippen molar-refractivity contribution in [2.24, 2.45) is 4.99 Å². The van der Waals surface area contributed by atoms with Gasteiger partial charge in [0.05, 0.1) is 12.8 Å². The molecule has 1 heterocycles. The Labute approximate surface area is 141 Å². The van der Waals surface area contributed by atoms with E-state index in [1.165, 1.54) is 6.26 Å². The Kier molecular flexibility index (Phi) is 6.50. The highest BCUT2D eigenvalue weighted by Crippen LogP contribution is 2.17. The molecule has 2 rings (SSSR count). The molecule has 0 radical (unpaired) electrons. The molecule has 0 aliphatic rings. The largest absolute Gasteiger partial charge is 0.467 e. The van der Waals surface area contributed by atoms with Crippen molar-refractivity contribution in [2.45, 2.75) is 19.6 Å². The maximum absolute atomic E-state index is 10.1. The van der Waals surface area contributed by atoms with Crippen molar-refractivity contribution in [3.8, 4) is 0 Å². The van der Waals surface area contributed by atoms with Gasteiger partial charge in [-0.25, -0.2) is 4.99 Å². The van der Waals surface area contributed by atoms with E-state index in [1.54, 1.807) is 12.1 Å². The van der Waals surface area contributed by atoms with Gasteiger partial charge < -0.3 is 19.7 Å². The summed E-state index contributed by atoms with van der Waals surface area (Å²) in [6.45, 7) is 3.59. The van der Waals surface area contributed by atoms with Crippen LogP contribution in [0.5, 0.6) is 0 Å². The van der Waals surface area contributed by atoms with Gasteiger partial charge >= 0.3 is 0 Å². The number of benzene rings is 1. The number of hydrogen-bond acceptors (Lipinski definition) is 3. The molecule has 6 heteroatoms. The fraction of sp³-hybridized carbons (Fsp3) is 0.353. The van der Waals surface area contributed by atoms with Crippen LogP contribution in [0.3, 0.4) is 0 Å². The standard InChI is InChI=1S/C17H22ClN3O2/c1-3-19-17(20-11-15(22)16-9-6-10-23-16)21(2)12-13-7-4-5-8-14(13)18/h4-10,15,22H,3,11-12H2,1-2H3,(H,19,20). The maximum Gasteiger partial charge on any atom is 0.194 e. The summed E-state index contributed by atoms with van der Waals surface area (Å²) < 4.78 is 5.19. The lowest BCUT2D eigenvalue weighted by Crippen LogP contribution is -2.38. The molecule has 1 aromatic carbocycles. The molecule has 0 aliphatic carbocycles. The summed E-state index contributed by atoms with van der Waals surface area (Å²) in [7, 11) is 1.93. The quantitative estimate of drug-likeness (QED) is 0.629. The lowest BCUT2D eigenvalue weighted by Gasteiger charge is -2.23. The van der Waals surface area contributed by atoms with Crippen LogP contribution in [0, 0.1) is 0 Å². The van der Waals surface area contributed by atoms with E-state index in [4.69, 9.17) is 16.0 Å². The molecule has 2 N–H and O–H groups in total. The van der Waals surface area contributed by atoms with Crippen molar-refractivity contribution < 1.29 is 9.52 Å². The number of nitrogens with zero attached hydrogens (tertiary/aromatic N) is 2. The van der Waals surface area contributed by atoms with E-state index < -0.39 is 6.10 Å². The molecule has 1 atom stereocenters. The van der Waals surface area contributed by atoms with Crippen molar-refractivity contribution >= 4 is 17.6 Å². The summed E-state index contributed by atoms with van der Waals surface area (Å²) in [6.07, 6.45) is 0.782. The Hall–Kier alpha value is -1.98. The first-order valence-electron chi connectivity index (χ1n) is 7.56. The number of hydrogen-bond donors (Lipinski definition) is 2. The van der Waals surface area contributed by atoms with E-state index in [0.717, 1.165) is 17.1 Å². The zero-order valence-corrected chi connectivity index (χ0v) is 14.1. The number of guanidine groups is 1. The van der Waals surface area contributed by atoms with Crippen LogP contribution in [0.1, 0.15) is 24.4 Å². The number of rotatable bonds is 6. The molecule has 0 amide bonds. The fourth-order valence-corrected chi connectivity index (χ4v) is 2.37. The summed E-state index contributed by atoms with van der Waals surface area (Å²) in [5.41, 5.74) is 1.02. The van der Waals surface area contributed by atoms with Gasteiger partial charge in [0.25, 0.3) is 0 Å². The second-order valence-electron chi connectivity index (χ2n) is 5.17. The zero-order valence-electron chi connectivity index (χ0n) is 13.4. The third-order valence-corrected chi connectivity index (χ3v) is 3.72. The number of aliphatic hydroxyl groups is 1. The molecule has 0 saturated heterocycles. The molecular weight excluding hydrogens is 314 g/mol. The van der Waals surface area contributed by atoms with E-state index in [-0.39, 0.29) is 6.54 Å². The van der Waals surface area contributed by atoms with Gasteiger partial charge in [0.2, 0.25) is 0 Å². The highest BCUT2D eigenvalue weighted by atomic mass is 35.5. The molecule has 0 fully saturated rings. The molecule has 0 saturated carbocycles. The summed E-state index contributed by atoms with van der Waals surface area (Å²) in [5.74, 6) is 1.22.